The molecule has 1 heterocycles. The van der Waals surface area contributed by atoms with Crippen molar-refractivity contribution in [3.8, 4) is 11.8 Å². The monoisotopic (exact) mass is 334 g/mol. The van der Waals surface area contributed by atoms with Gasteiger partial charge in [0.25, 0.3) is 5.91 Å². The fourth-order valence-electron chi connectivity index (χ4n) is 3.12. The first kappa shape index (κ1) is 17.0. The van der Waals surface area contributed by atoms with Crippen molar-refractivity contribution >= 4 is 5.91 Å². The minimum Gasteiger partial charge on any atom is -0.497 e. The molecule has 1 aliphatic rings. The number of hydrogen-bond donors (Lipinski definition) is 0. The number of amides is 1. The molecule has 128 valence electrons. The van der Waals surface area contributed by atoms with Gasteiger partial charge < -0.3 is 9.64 Å². The van der Waals surface area contributed by atoms with Crippen LogP contribution in [0.25, 0.3) is 0 Å². The average molecular weight is 334 g/mol. The molecule has 0 aromatic heterocycles. The van der Waals surface area contributed by atoms with Gasteiger partial charge >= 0.3 is 0 Å². The largest absolute Gasteiger partial charge is 0.497 e. The van der Waals surface area contributed by atoms with Crippen molar-refractivity contribution in [2.24, 2.45) is 0 Å². The van der Waals surface area contributed by atoms with Crippen molar-refractivity contribution in [3.05, 3.63) is 64.7 Å². The highest BCUT2D eigenvalue weighted by atomic mass is 16.5. The number of benzene rings is 2. The summed E-state index contributed by atoms with van der Waals surface area (Å²) < 4.78 is 5.17. The molecule has 4 heteroatoms. The molecule has 2 aromatic carbocycles. The molecular weight excluding hydrogens is 312 g/mol. The summed E-state index contributed by atoms with van der Waals surface area (Å²) in [4.78, 5) is 14.4. The van der Waals surface area contributed by atoms with Crippen LogP contribution in [0.3, 0.4) is 0 Å². The van der Waals surface area contributed by atoms with Crippen LogP contribution in [0.2, 0.25) is 0 Å². The Labute approximate surface area is 148 Å². The summed E-state index contributed by atoms with van der Waals surface area (Å²) in [7, 11) is 1.62. The second-order valence-corrected chi connectivity index (χ2v) is 7.36. The van der Waals surface area contributed by atoms with Crippen LogP contribution in [-0.2, 0) is 12.0 Å². The van der Waals surface area contributed by atoms with Gasteiger partial charge in [-0.15, -0.1) is 0 Å². The summed E-state index contributed by atoms with van der Waals surface area (Å²) in [5.41, 5.74) is 3.52. The van der Waals surface area contributed by atoms with Crippen molar-refractivity contribution in [1.82, 2.24) is 4.90 Å². The third-order valence-electron chi connectivity index (χ3n) is 4.65. The van der Waals surface area contributed by atoms with Crippen LogP contribution in [0, 0.1) is 11.3 Å². The van der Waals surface area contributed by atoms with Crippen LogP contribution >= 0.6 is 0 Å². The van der Waals surface area contributed by atoms with Crippen LogP contribution < -0.4 is 4.74 Å². The number of rotatable bonds is 3. The fourth-order valence-corrected chi connectivity index (χ4v) is 3.12. The predicted octanol–water partition coefficient (Wildman–Crippen LogP) is 4.21. The van der Waals surface area contributed by atoms with Crippen LogP contribution in [-0.4, -0.2) is 17.9 Å². The number of fused-ring (bicyclic) bond motifs is 1. The molecule has 1 amide bonds. The van der Waals surface area contributed by atoms with E-state index in [0.29, 0.717) is 12.1 Å². The van der Waals surface area contributed by atoms with Gasteiger partial charge in [0.1, 0.15) is 11.8 Å². The molecule has 0 N–H and O–H groups in total. The third-order valence-corrected chi connectivity index (χ3v) is 4.65. The van der Waals surface area contributed by atoms with E-state index in [0.717, 1.165) is 22.4 Å². The number of carbonyl (C=O) groups excluding carboxylic acids is 1. The molecular formula is C21H22N2O2. The lowest BCUT2D eigenvalue weighted by atomic mass is 9.85. The second kappa shape index (κ2) is 6.25. The van der Waals surface area contributed by atoms with Crippen LogP contribution in [0.4, 0.5) is 0 Å². The van der Waals surface area contributed by atoms with Crippen molar-refractivity contribution in [2.75, 3.05) is 7.11 Å². The molecule has 0 saturated heterocycles. The average Bonchev–Trinajstić information content (AvgIpc) is 2.86. The van der Waals surface area contributed by atoms with Gasteiger partial charge in [0.2, 0.25) is 0 Å². The lowest BCUT2D eigenvalue weighted by Crippen LogP contribution is -2.26. The predicted molar refractivity (Wildman–Crippen MR) is 96.4 cm³/mol. The highest BCUT2D eigenvalue weighted by molar-refractivity contribution is 5.99. The van der Waals surface area contributed by atoms with Gasteiger partial charge in [-0.3, -0.25) is 4.79 Å². The fraction of sp³-hybridized carbons (Fsp3) is 0.333. The lowest BCUT2D eigenvalue weighted by Gasteiger charge is -2.21. The van der Waals surface area contributed by atoms with E-state index in [1.165, 1.54) is 0 Å². The van der Waals surface area contributed by atoms with E-state index in [-0.39, 0.29) is 11.3 Å². The smallest absolute Gasteiger partial charge is 0.255 e. The van der Waals surface area contributed by atoms with E-state index in [1.54, 1.807) is 12.0 Å². The zero-order chi connectivity index (χ0) is 18.2. The van der Waals surface area contributed by atoms with E-state index in [1.807, 2.05) is 42.5 Å². The first-order valence-electron chi connectivity index (χ1n) is 8.33. The van der Waals surface area contributed by atoms with Crippen LogP contribution in [0.5, 0.6) is 5.75 Å². The number of methoxy groups -OCH3 is 1. The number of nitrogens with zero attached hydrogens (tertiary/aromatic N) is 2. The molecule has 1 unspecified atom stereocenters. The standard InChI is InChI=1S/C21H22N2O2/c1-21(2,3)15-7-10-17-18(11-15)19(12-22)23(20(17)24)13-14-5-8-16(25-4)9-6-14/h5-11,19H,13H2,1-4H3. The maximum Gasteiger partial charge on any atom is 0.255 e. The Balaban J connectivity index is 1.93. The van der Waals surface area contributed by atoms with Crippen molar-refractivity contribution < 1.29 is 9.53 Å². The van der Waals surface area contributed by atoms with Crippen molar-refractivity contribution in [3.63, 3.8) is 0 Å². The molecule has 0 saturated carbocycles. The lowest BCUT2D eigenvalue weighted by molar-refractivity contribution is 0.0744. The van der Waals surface area contributed by atoms with Gasteiger partial charge in [0, 0.05) is 17.7 Å². The zero-order valence-electron chi connectivity index (χ0n) is 15.0. The Hall–Kier alpha value is -2.80. The van der Waals surface area contributed by atoms with Gasteiger partial charge in [-0.2, -0.15) is 5.26 Å². The van der Waals surface area contributed by atoms with E-state index in [2.05, 4.69) is 26.8 Å². The topological polar surface area (TPSA) is 53.3 Å². The molecule has 0 spiro atoms. The Bertz CT molecular complexity index is 842. The second-order valence-electron chi connectivity index (χ2n) is 7.36. The van der Waals surface area contributed by atoms with E-state index in [4.69, 9.17) is 4.74 Å². The summed E-state index contributed by atoms with van der Waals surface area (Å²) in [5.74, 6) is 0.685. The number of hydrogen-bond acceptors (Lipinski definition) is 3. The summed E-state index contributed by atoms with van der Waals surface area (Å²) >= 11 is 0. The molecule has 2 aromatic rings. The van der Waals surface area contributed by atoms with E-state index >= 15 is 0 Å². The highest BCUT2D eigenvalue weighted by Crippen LogP contribution is 2.37. The molecule has 0 bridgehead atoms. The maximum absolute atomic E-state index is 12.8. The zero-order valence-corrected chi connectivity index (χ0v) is 15.0. The van der Waals surface area contributed by atoms with E-state index < -0.39 is 6.04 Å². The molecule has 1 atom stereocenters. The molecule has 0 fully saturated rings. The Morgan fingerprint density at radius 1 is 1.16 bits per heavy atom. The van der Waals surface area contributed by atoms with Gasteiger partial charge in [0.05, 0.1) is 13.2 Å². The molecule has 4 nitrogen and oxygen atoms in total. The number of carbonyl (C=O) groups is 1. The summed E-state index contributed by atoms with van der Waals surface area (Å²) in [5, 5.41) is 9.69. The first-order valence-corrected chi connectivity index (χ1v) is 8.33. The Morgan fingerprint density at radius 3 is 2.40 bits per heavy atom. The van der Waals surface area contributed by atoms with Gasteiger partial charge in [-0.1, -0.05) is 45.0 Å². The summed E-state index contributed by atoms with van der Waals surface area (Å²) in [6.45, 7) is 6.78. The molecule has 3 rings (SSSR count). The molecule has 25 heavy (non-hydrogen) atoms. The minimum atomic E-state index is -0.549. The van der Waals surface area contributed by atoms with Gasteiger partial charge in [0.15, 0.2) is 0 Å². The van der Waals surface area contributed by atoms with Crippen LogP contribution in [0.1, 0.15) is 53.9 Å². The third kappa shape index (κ3) is 3.10. The van der Waals surface area contributed by atoms with Crippen molar-refractivity contribution in [2.45, 2.75) is 38.8 Å². The summed E-state index contributed by atoms with van der Waals surface area (Å²) in [6, 6.07) is 15.2. The SMILES string of the molecule is COc1ccc(CN2C(=O)c3ccc(C(C)(C)C)cc3C2C#N)cc1. The van der Waals surface area contributed by atoms with E-state index in [9.17, 15) is 10.1 Å². The maximum atomic E-state index is 12.8. The van der Waals surface area contributed by atoms with Gasteiger partial charge in [-0.05, 0) is 34.7 Å². The normalized spacial score (nSPS) is 16.5. The number of ether oxygens (including phenoxy) is 1. The summed E-state index contributed by atoms with van der Waals surface area (Å²) in [6.07, 6.45) is 0. The Kier molecular flexibility index (Phi) is 4.26. The van der Waals surface area contributed by atoms with Gasteiger partial charge in [-0.25, -0.2) is 0 Å². The molecule has 0 radical (unpaired) electrons. The molecule has 0 aliphatic carbocycles. The Morgan fingerprint density at radius 2 is 1.84 bits per heavy atom. The quantitative estimate of drug-likeness (QED) is 0.845. The number of nitriles is 1. The van der Waals surface area contributed by atoms with Crippen molar-refractivity contribution in [1.29, 1.82) is 5.26 Å². The molecule has 1 aliphatic heterocycles. The highest BCUT2D eigenvalue weighted by Gasteiger charge is 2.37. The first-order chi connectivity index (χ1) is 11.8. The minimum absolute atomic E-state index is 0.0263. The van der Waals surface area contributed by atoms with Crippen LogP contribution in [0.15, 0.2) is 42.5 Å².